The SMILES string of the molecule is COc1cccc(N[C@H]2CCN(C)C[C@H]2C)c1. The zero-order valence-electron chi connectivity index (χ0n) is 10.9. The molecule has 0 spiro atoms. The van der Waals surface area contributed by atoms with Crippen LogP contribution in [0.3, 0.4) is 0 Å². The zero-order valence-corrected chi connectivity index (χ0v) is 10.9. The summed E-state index contributed by atoms with van der Waals surface area (Å²) in [5, 5.41) is 3.62. The largest absolute Gasteiger partial charge is 0.497 e. The summed E-state index contributed by atoms with van der Waals surface area (Å²) in [6.45, 7) is 4.65. The predicted octanol–water partition coefficient (Wildman–Crippen LogP) is 2.45. The topological polar surface area (TPSA) is 24.5 Å². The van der Waals surface area contributed by atoms with Gasteiger partial charge in [-0.3, -0.25) is 0 Å². The quantitative estimate of drug-likeness (QED) is 0.869. The number of rotatable bonds is 3. The molecule has 3 nitrogen and oxygen atoms in total. The van der Waals surface area contributed by atoms with Crippen LogP contribution in [-0.2, 0) is 0 Å². The summed E-state index contributed by atoms with van der Waals surface area (Å²) in [4.78, 5) is 2.40. The highest BCUT2D eigenvalue weighted by Crippen LogP contribution is 2.23. The first kappa shape index (κ1) is 12.2. The van der Waals surface area contributed by atoms with Crippen LogP contribution in [0, 0.1) is 5.92 Å². The van der Waals surface area contributed by atoms with Crippen molar-refractivity contribution in [2.75, 3.05) is 32.6 Å². The molecule has 1 fully saturated rings. The maximum Gasteiger partial charge on any atom is 0.120 e. The summed E-state index contributed by atoms with van der Waals surface area (Å²) in [5.41, 5.74) is 1.16. The van der Waals surface area contributed by atoms with E-state index in [1.54, 1.807) is 7.11 Å². The molecule has 1 aromatic rings. The van der Waals surface area contributed by atoms with Crippen LogP contribution in [0.2, 0.25) is 0 Å². The Bertz CT molecular complexity index is 367. The Labute approximate surface area is 104 Å². The van der Waals surface area contributed by atoms with Gasteiger partial charge in [0, 0.05) is 24.3 Å². The lowest BCUT2D eigenvalue weighted by Gasteiger charge is -2.35. The van der Waals surface area contributed by atoms with Gasteiger partial charge in [0.1, 0.15) is 5.75 Å². The number of ether oxygens (including phenoxy) is 1. The van der Waals surface area contributed by atoms with Crippen molar-refractivity contribution >= 4 is 5.69 Å². The Hall–Kier alpha value is -1.22. The monoisotopic (exact) mass is 234 g/mol. The third kappa shape index (κ3) is 3.13. The molecule has 1 heterocycles. The Balaban J connectivity index is 2.00. The first-order valence-electron chi connectivity index (χ1n) is 6.28. The van der Waals surface area contributed by atoms with E-state index < -0.39 is 0 Å². The molecular formula is C14H22N2O. The fourth-order valence-corrected chi connectivity index (χ4v) is 2.50. The van der Waals surface area contributed by atoms with Gasteiger partial charge in [-0.1, -0.05) is 13.0 Å². The second-order valence-electron chi connectivity index (χ2n) is 5.01. The third-order valence-electron chi connectivity index (χ3n) is 3.53. The molecule has 3 heteroatoms. The van der Waals surface area contributed by atoms with E-state index in [9.17, 15) is 0 Å². The van der Waals surface area contributed by atoms with Crippen LogP contribution in [0.5, 0.6) is 5.75 Å². The van der Waals surface area contributed by atoms with Gasteiger partial charge in [-0.2, -0.15) is 0 Å². The van der Waals surface area contributed by atoms with Crippen molar-refractivity contribution < 1.29 is 4.74 Å². The second kappa shape index (κ2) is 5.41. The van der Waals surface area contributed by atoms with Crippen molar-refractivity contribution in [3.8, 4) is 5.75 Å². The maximum absolute atomic E-state index is 5.24. The highest BCUT2D eigenvalue weighted by molar-refractivity contribution is 5.49. The van der Waals surface area contributed by atoms with E-state index in [-0.39, 0.29) is 0 Å². The third-order valence-corrected chi connectivity index (χ3v) is 3.53. The average molecular weight is 234 g/mol. The van der Waals surface area contributed by atoms with Gasteiger partial charge >= 0.3 is 0 Å². The summed E-state index contributed by atoms with van der Waals surface area (Å²) in [5.74, 6) is 1.59. The van der Waals surface area contributed by atoms with Crippen molar-refractivity contribution in [1.82, 2.24) is 4.90 Å². The van der Waals surface area contributed by atoms with Gasteiger partial charge in [0.15, 0.2) is 0 Å². The molecule has 17 heavy (non-hydrogen) atoms. The van der Waals surface area contributed by atoms with Gasteiger partial charge in [-0.05, 0) is 38.1 Å². The normalized spacial score (nSPS) is 25.6. The van der Waals surface area contributed by atoms with Crippen molar-refractivity contribution in [3.05, 3.63) is 24.3 Å². The number of methoxy groups -OCH3 is 1. The summed E-state index contributed by atoms with van der Waals surface area (Å²) in [6, 6.07) is 8.74. The summed E-state index contributed by atoms with van der Waals surface area (Å²) >= 11 is 0. The van der Waals surface area contributed by atoms with E-state index in [1.807, 2.05) is 12.1 Å². The molecule has 0 unspecified atom stereocenters. The van der Waals surface area contributed by atoms with Crippen molar-refractivity contribution in [1.29, 1.82) is 0 Å². The van der Waals surface area contributed by atoms with Gasteiger partial charge in [-0.25, -0.2) is 0 Å². The molecule has 94 valence electrons. The number of anilines is 1. The summed E-state index contributed by atoms with van der Waals surface area (Å²) < 4.78 is 5.24. The van der Waals surface area contributed by atoms with Gasteiger partial charge < -0.3 is 15.0 Å². The number of likely N-dealkylation sites (tertiary alicyclic amines) is 1. The van der Waals surface area contributed by atoms with Gasteiger partial charge in [0.05, 0.1) is 7.11 Å². The minimum atomic E-state index is 0.568. The molecule has 1 saturated heterocycles. The maximum atomic E-state index is 5.24. The molecule has 0 bridgehead atoms. The lowest BCUT2D eigenvalue weighted by molar-refractivity contribution is 0.206. The standard InChI is InChI=1S/C14H22N2O/c1-11-10-16(2)8-7-14(11)15-12-5-4-6-13(9-12)17-3/h4-6,9,11,14-15H,7-8,10H2,1-3H3/t11-,14+/m1/s1. The lowest BCUT2D eigenvalue weighted by Crippen LogP contribution is -2.43. The Kier molecular flexibility index (Phi) is 3.89. The van der Waals surface area contributed by atoms with Crippen LogP contribution in [-0.4, -0.2) is 38.2 Å². The van der Waals surface area contributed by atoms with Crippen molar-refractivity contribution in [2.45, 2.75) is 19.4 Å². The molecule has 0 radical (unpaired) electrons. The van der Waals surface area contributed by atoms with Crippen LogP contribution < -0.4 is 10.1 Å². The second-order valence-corrected chi connectivity index (χ2v) is 5.01. The molecule has 1 aliphatic rings. The Morgan fingerprint density at radius 1 is 1.41 bits per heavy atom. The average Bonchev–Trinajstić information content (AvgIpc) is 2.33. The predicted molar refractivity (Wildman–Crippen MR) is 71.7 cm³/mol. The fourth-order valence-electron chi connectivity index (χ4n) is 2.50. The zero-order chi connectivity index (χ0) is 12.3. The first-order chi connectivity index (χ1) is 8.19. The van der Waals surface area contributed by atoms with E-state index in [0.717, 1.165) is 11.4 Å². The molecule has 0 amide bonds. The van der Waals surface area contributed by atoms with Gasteiger partial charge in [0.25, 0.3) is 0 Å². The molecule has 2 atom stereocenters. The number of nitrogens with zero attached hydrogens (tertiary/aromatic N) is 1. The minimum absolute atomic E-state index is 0.568. The summed E-state index contributed by atoms with van der Waals surface area (Å²) in [6.07, 6.45) is 1.20. The van der Waals surface area contributed by atoms with Gasteiger partial charge in [0.2, 0.25) is 0 Å². The van der Waals surface area contributed by atoms with Crippen LogP contribution in [0.1, 0.15) is 13.3 Å². The van der Waals surface area contributed by atoms with Crippen molar-refractivity contribution in [2.24, 2.45) is 5.92 Å². The lowest BCUT2D eigenvalue weighted by atomic mass is 9.94. The molecule has 2 rings (SSSR count). The van der Waals surface area contributed by atoms with E-state index in [4.69, 9.17) is 4.74 Å². The minimum Gasteiger partial charge on any atom is -0.497 e. The van der Waals surface area contributed by atoms with Crippen LogP contribution in [0.15, 0.2) is 24.3 Å². The molecule has 1 aliphatic heterocycles. The van der Waals surface area contributed by atoms with Crippen LogP contribution in [0.25, 0.3) is 0 Å². The highest BCUT2D eigenvalue weighted by Gasteiger charge is 2.23. The van der Waals surface area contributed by atoms with E-state index >= 15 is 0 Å². The number of hydrogen-bond acceptors (Lipinski definition) is 3. The van der Waals surface area contributed by atoms with E-state index in [2.05, 4.69) is 36.3 Å². The molecular weight excluding hydrogens is 212 g/mol. The molecule has 1 aromatic carbocycles. The summed E-state index contributed by atoms with van der Waals surface area (Å²) in [7, 11) is 3.90. The first-order valence-corrected chi connectivity index (χ1v) is 6.28. The van der Waals surface area contributed by atoms with E-state index in [0.29, 0.717) is 12.0 Å². The fraction of sp³-hybridized carbons (Fsp3) is 0.571. The number of benzene rings is 1. The van der Waals surface area contributed by atoms with Gasteiger partial charge in [-0.15, -0.1) is 0 Å². The van der Waals surface area contributed by atoms with E-state index in [1.165, 1.54) is 19.5 Å². The molecule has 0 aromatic heterocycles. The van der Waals surface area contributed by atoms with Crippen LogP contribution in [0.4, 0.5) is 5.69 Å². The highest BCUT2D eigenvalue weighted by atomic mass is 16.5. The Morgan fingerprint density at radius 2 is 2.24 bits per heavy atom. The number of piperidine rings is 1. The smallest absolute Gasteiger partial charge is 0.120 e. The number of hydrogen-bond donors (Lipinski definition) is 1. The molecule has 1 N–H and O–H groups in total. The Morgan fingerprint density at radius 3 is 2.94 bits per heavy atom. The van der Waals surface area contributed by atoms with Crippen molar-refractivity contribution in [3.63, 3.8) is 0 Å². The molecule has 0 aliphatic carbocycles. The van der Waals surface area contributed by atoms with Crippen LogP contribution >= 0.6 is 0 Å². The molecule has 0 saturated carbocycles. The number of nitrogens with one attached hydrogen (secondary N) is 1.